The van der Waals surface area contributed by atoms with Crippen molar-refractivity contribution in [1.29, 1.82) is 5.26 Å². The lowest BCUT2D eigenvalue weighted by Crippen LogP contribution is -2.58. The fourth-order valence-electron chi connectivity index (χ4n) is 9.16. The maximum atomic E-state index is 14.0. The number of alkyl halides is 3. The van der Waals surface area contributed by atoms with Gasteiger partial charge in [0, 0.05) is 56.2 Å². The number of amides is 3. The fraction of sp³-hybridized carbons (Fsp3) is 0.489. The Morgan fingerprint density at radius 3 is 2.41 bits per heavy atom. The van der Waals surface area contributed by atoms with E-state index in [1.165, 1.54) is 6.07 Å². The Kier molecular flexibility index (Phi) is 12.7. The van der Waals surface area contributed by atoms with Gasteiger partial charge in [-0.2, -0.15) is 18.4 Å². The summed E-state index contributed by atoms with van der Waals surface area (Å²) in [4.78, 5) is 62.4. The molecule has 7 rings (SSSR count). The number of thiocarbonyl (C=S) groups is 1. The van der Waals surface area contributed by atoms with Crippen LogP contribution in [0.3, 0.4) is 0 Å². The lowest BCUT2D eigenvalue weighted by Gasteiger charge is -2.44. The number of nitrogens with zero attached hydrogens (tertiary/aromatic N) is 6. The Bertz CT molecular complexity index is 2260. The van der Waals surface area contributed by atoms with Crippen LogP contribution in [0.1, 0.15) is 93.7 Å². The topological polar surface area (TPSA) is 139 Å². The van der Waals surface area contributed by atoms with Gasteiger partial charge < -0.3 is 9.64 Å². The number of nitrogens with one attached hydrogen (secondary N) is 1. The van der Waals surface area contributed by atoms with Crippen LogP contribution in [0.4, 0.5) is 24.5 Å². The van der Waals surface area contributed by atoms with E-state index in [1.807, 2.05) is 56.3 Å². The summed E-state index contributed by atoms with van der Waals surface area (Å²) < 4.78 is 48.0. The second kappa shape index (κ2) is 17.6. The maximum absolute atomic E-state index is 14.0. The number of pyridine rings is 1. The Morgan fingerprint density at radius 1 is 1.05 bits per heavy atom. The number of piperidine rings is 1. The highest BCUT2D eigenvalue weighted by Gasteiger charge is 2.60. The molecule has 1 unspecified atom stereocenters. The SMILES string of the molecule is CC(C)c1cc(N2C(=S)N(c3cnc(C#N)c(C(F)(F)F)c3)C(=O)C23CCC3)ccc1OCCN1C[C@@H](C)N(CC(=O)Cc2cccc(CC3CCC(=O)NC3=O)c2)[C@@H](C)C1. The van der Waals surface area contributed by atoms with Crippen LogP contribution in [0, 0.1) is 17.2 Å². The van der Waals surface area contributed by atoms with E-state index in [4.69, 9.17) is 17.0 Å². The summed E-state index contributed by atoms with van der Waals surface area (Å²) in [6.45, 7) is 11.3. The van der Waals surface area contributed by atoms with Crippen molar-refractivity contribution in [2.24, 2.45) is 5.92 Å². The van der Waals surface area contributed by atoms with Crippen molar-refractivity contribution < 1.29 is 37.1 Å². The van der Waals surface area contributed by atoms with Gasteiger partial charge in [0.2, 0.25) is 11.8 Å². The number of carbonyl (C=O) groups is 4. The van der Waals surface area contributed by atoms with Gasteiger partial charge in [-0.05, 0) is 105 Å². The molecule has 3 aliphatic heterocycles. The molecule has 0 bridgehead atoms. The first-order valence-electron chi connectivity index (χ1n) is 20.8. The quantitative estimate of drug-likeness (QED) is 0.152. The molecule has 1 saturated carbocycles. The highest BCUT2D eigenvalue weighted by molar-refractivity contribution is 7.81. The standard InChI is InChI=1S/C45H50F3N7O5S/c1-27(2)36-20-33(55-43(61)54(42(59)44(55)13-6-14-44)34-21-37(45(46,47)48)38(22-49)50-23-34)10-11-39(36)60-16-15-52-24-28(3)53(29(4)25-52)26-35(56)19-31-8-5-7-30(17-31)18-32-9-12-40(57)51-41(32)58/h5,7-8,10-11,17,20-21,23,27-29,32H,6,9,12-16,18-19,24-26H2,1-4H3,(H,51,57,58)/t28-,29+,32?. The first-order valence-corrected chi connectivity index (χ1v) is 21.2. The summed E-state index contributed by atoms with van der Waals surface area (Å²) in [5.41, 5.74) is 0.237. The number of ether oxygens (including phenoxy) is 1. The summed E-state index contributed by atoms with van der Waals surface area (Å²) in [6.07, 6.45) is -0.362. The van der Waals surface area contributed by atoms with Crippen LogP contribution in [0.15, 0.2) is 54.7 Å². The summed E-state index contributed by atoms with van der Waals surface area (Å²) in [5.74, 6) is -0.307. The Morgan fingerprint density at radius 2 is 1.77 bits per heavy atom. The summed E-state index contributed by atoms with van der Waals surface area (Å²) in [7, 11) is 0. The fourth-order valence-corrected chi connectivity index (χ4v) is 9.63. The second-order valence-corrected chi connectivity index (χ2v) is 17.5. The largest absolute Gasteiger partial charge is 0.492 e. The lowest BCUT2D eigenvalue weighted by molar-refractivity contribution is -0.138. The molecule has 1 N–H and O–H groups in total. The van der Waals surface area contributed by atoms with Gasteiger partial charge in [0.05, 0.1) is 24.0 Å². The number of hydrogen-bond acceptors (Lipinski definition) is 10. The third-order valence-electron chi connectivity index (χ3n) is 12.4. The third kappa shape index (κ3) is 9.05. The Labute approximate surface area is 359 Å². The number of piperazine rings is 1. The molecule has 4 heterocycles. The smallest absolute Gasteiger partial charge is 0.419 e. The van der Waals surface area contributed by atoms with Crippen LogP contribution >= 0.6 is 12.2 Å². The van der Waals surface area contributed by atoms with E-state index in [1.54, 1.807) is 4.90 Å². The van der Waals surface area contributed by atoms with Gasteiger partial charge in [-0.3, -0.25) is 39.2 Å². The molecule has 1 aromatic heterocycles. The van der Waals surface area contributed by atoms with Crippen molar-refractivity contribution in [3.63, 3.8) is 0 Å². The maximum Gasteiger partial charge on any atom is 0.419 e. The molecule has 2 aromatic carbocycles. The van der Waals surface area contributed by atoms with Crippen LogP contribution in [-0.4, -0.2) is 93.8 Å². The number of hydrogen-bond donors (Lipinski definition) is 1. The molecule has 3 aromatic rings. The molecule has 3 amide bonds. The molecule has 61 heavy (non-hydrogen) atoms. The van der Waals surface area contributed by atoms with Crippen molar-refractivity contribution in [2.45, 2.75) is 102 Å². The first-order chi connectivity index (χ1) is 29.0. The number of anilines is 2. The number of imide groups is 1. The molecule has 1 aliphatic carbocycles. The molecule has 4 aliphatic rings. The zero-order valence-corrected chi connectivity index (χ0v) is 35.6. The Hall–Kier alpha value is -5.24. The van der Waals surface area contributed by atoms with Crippen LogP contribution in [0.2, 0.25) is 0 Å². The summed E-state index contributed by atoms with van der Waals surface area (Å²) in [5, 5.41) is 11.7. The first kappa shape index (κ1) is 43.8. The average molecular weight is 858 g/mol. The number of Topliss-reactive ketones (excluding diaryl/α,β-unsaturated/α-hetero) is 1. The van der Waals surface area contributed by atoms with Crippen LogP contribution in [0.25, 0.3) is 0 Å². The number of rotatable bonds is 13. The minimum atomic E-state index is -4.85. The third-order valence-corrected chi connectivity index (χ3v) is 12.8. The Balaban J connectivity index is 0.957. The highest BCUT2D eigenvalue weighted by atomic mass is 32.1. The normalized spacial score (nSPS) is 22.1. The van der Waals surface area contributed by atoms with Crippen molar-refractivity contribution in [3.05, 3.63) is 82.7 Å². The van der Waals surface area contributed by atoms with Crippen molar-refractivity contribution in [2.75, 3.05) is 42.6 Å². The number of benzene rings is 2. The lowest BCUT2D eigenvalue weighted by atomic mass is 9.75. The molecule has 1 spiro atoms. The van der Waals surface area contributed by atoms with E-state index in [9.17, 15) is 37.6 Å². The minimum Gasteiger partial charge on any atom is -0.492 e. The van der Waals surface area contributed by atoms with Gasteiger partial charge in [-0.15, -0.1) is 0 Å². The second-order valence-electron chi connectivity index (χ2n) is 17.1. The molecular formula is C45H50F3N7O5S. The van der Waals surface area contributed by atoms with E-state index in [-0.39, 0.29) is 52.3 Å². The van der Waals surface area contributed by atoms with Gasteiger partial charge >= 0.3 is 6.18 Å². The molecule has 16 heteroatoms. The van der Waals surface area contributed by atoms with Gasteiger partial charge in [-0.1, -0.05) is 38.1 Å². The summed E-state index contributed by atoms with van der Waals surface area (Å²) >= 11 is 5.83. The van der Waals surface area contributed by atoms with E-state index in [0.717, 1.165) is 53.4 Å². The number of halogens is 3. The monoisotopic (exact) mass is 857 g/mol. The van der Waals surface area contributed by atoms with Gasteiger partial charge in [0.15, 0.2) is 16.6 Å². The van der Waals surface area contributed by atoms with Gasteiger partial charge in [0.25, 0.3) is 5.91 Å². The molecule has 12 nitrogen and oxygen atoms in total. The van der Waals surface area contributed by atoms with E-state index >= 15 is 0 Å². The van der Waals surface area contributed by atoms with E-state index < -0.39 is 28.9 Å². The van der Waals surface area contributed by atoms with Crippen molar-refractivity contribution >= 4 is 52.2 Å². The predicted molar refractivity (Wildman–Crippen MR) is 226 cm³/mol. The van der Waals surface area contributed by atoms with E-state index in [2.05, 4.69) is 33.9 Å². The predicted octanol–water partition coefficient (Wildman–Crippen LogP) is 6.34. The average Bonchev–Trinajstić information content (AvgIpc) is 3.43. The number of carbonyl (C=O) groups excluding carboxylic acids is 4. The van der Waals surface area contributed by atoms with Gasteiger partial charge in [0.1, 0.15) is 24.0 Å². The molecule has 322 valence electrons. The number of ketones is 1. The van der Waals surface area contributed by atoms with Crippen molar-refractivity contribution in [3.8, 4) is 11.8 Å². The van der Waals surface area contributed by atoms with E-state index in [0.29, 0.717) is 69.7 Å². The van der Waals surface area contributed by atoms with Crippen molar-refractivity contribution in [1.82, 2.24) is 20.1 Å². The molecule has 0 radical (unpaired) electrons. The molecule has 3 saturated heterocycles. The molecule has 3 atom stereocenters. The zero-order valence-electron chi connectivity index (χ0n) is 34.8. The van der Waals surface area contributed by atoms with Crippen LogP contribution in [0.5, 0.6) is 5.75 Å². The highest BCUT2D eigenvalue weighted by Crippen LogP contribution is 2.49. The minimum absolute atomic E-state index is 0.0290. The molecule has 4 fully saturated rings. The zero-order chi connectivity index (χ0) is 43.8. The van der Waals surface area contributed by atoms with Crippen LogP contribution < -0.4 is 19.9 Å². The molecular weight excluding hydrogens is 808 g/mol. The number of aromatic nitrogens is 1. The van der Waals surface area contributed by atoms with Gasteiger partial charge in [-0.25, -0.2) is 4.98 Å². The number of nitriles is 1. The summed E-state index contributed by atoms with van der Waals surface area (Å²) in [6, 6.07) is 15.9. The van der Waals surface area contributed by atoms with Crippen LogP contribution in [-0.2, 0) is 38.2 Å².